The van der Waals surface area contributed by atoms with Gasteiger partial charge in [-0.05, 0) is 67.7 Å². The fourth-order valence-corrected chi connectivity index (χ4v) is 3.92. The number of fused-ring (bicyclic) bond motifs is 2. The highest BCUT2D eigenvalue weighted by Gasteiger charge is 2.39. The van der Waals surface area contributed by atoms with Gasteiger partial charge in [0.25, 0.3) is 0 Å². The Balaban J connectivity index is 1.56. The average Bonchev–Trinajstić information content (AvgIpc) is 3.08. The molecular formula is C17H25NO2. The maximum atomic E-state index is 9.98. The van der Waals surface area contributed by atoms with Crippen molar-refractivity contribution in [3.05, 3.63) is 29.8 Å². The van der Waals surface area contributed by atoms with Gasteiger partial charge in [-0.3, -0.25) is 0 Å². The molecule has 2 aliphatic carbocycles. The van der Waals surface area contributed by atoms with E-state index in [4.69, 9.17) is 10.5 Å². The first kappa shape index (κ1) is 13.9. The first-order chi connectivity index (χ1) is 9.76. The van der Waals surface area contributed by atoms with E-state index in [0.717, 1.165) is 35.7 Å². The Morgan fingerprint density at radius 2 is 2.20 bits per heavy atom. The highest BCUT2D eigenvalue weighted by molar-refractivity contribution is 5.30. The zero-order chi connectivity index (χ0) is 13.9. The highest BCUT2D eigenvalue weighted by Crippen LogP contribution is 2.48. The van der Waals surface area contributed by atoms with Crippen LogP contribution in [0.5, 0.6) is 5.75 Å². The molecule has 3 rings (SSSR count). The molecule has 0 amide bonds. The summed E-state index contributed by atoms with van der Waals surface area (Å²) in [6, 6.07) is 7.81. The summed E-state index contributed by atoms with van der Waals surface area (Å²) < 4.78 is 5.97. The molecule has 0 radical (unpaired) electrons. The monoisotopic (exact) mass is 275 g/mol. The second kappa shape index (κ2) is 6.15. The summed E-state index contributed by atoms with van der Waals surface area (Å²) in [4.78, 5) is 0. The van der Waals surface area contributed by atoms with Crippen LogP contribution < -0.4 is 10.5 Å². The molecule has 2 saturated carbocycles. The number of benzene rings is 1. The molecule has 3 N–H and O–H groups in total. The van der Waals surface area contributed by atoms with Gasteiger partial charge in [0.05, 0.1) is 12.7 Å². The lowest BCUT2D eigenvalue weighted by atomic mass is 9.89. The van der Waals surface area contributed by atoms with Gasteiger partial charge in [-0.25, -0.2) is 0 Å². The number of aliphatic hydroxyl groups excluding tert-OH is 1. The van der Waals surface area contributed by atoms with Crippen molar-refractivity contribution in [2.45, 2.75) is 38.2 Å². The molecule has 2 unspecified atom stereocenters. The van der Waals surface area contributed by atoms with Crippen LogP contribution in [0.4, 0.5) is 0 Å². The van der Waals surface area contributed by atoms with Crippen LogP contribution in [-0.2, 0) is 0 Å². The third-order valence-corrected chi connectivity index (χ3v) is 5.03. The highest BCUT2D eigenvalue weighted by atomic mass is 16.5. The van der Waals surface area contributed by atoms with Gasteiger partial charge in [0.2, 0.25) is 0 Å². The van der Waals surface area contributed by atoms with E-state index in [-0.39, 0.29) is 0 Å². The van der Waals surface area contributed by atoms with Gasteiger partial charge in [0.1, 0.15) is 5.75 Å². The molecule has 0 aromatic heterocycles. The number of nitrogens with two attached hydrogens (primary N) is 1. The van der Waals surface area contributed by atoms with E-state index < -0.39 is 6.10 Å². The summed E-state index contributed by atoms with van der Waals surface area (Å²) in [6.45, 7) is 1.33. The number of hydrogen-bond acceptors (Lipinski definition) is 3. The van der Waals surface area contributed by atoms with Crippen LogP contribution in [0.1, 0.15) is 43.8 Å². The largest absolute Gasteiger partial charge is 0.493 e. The second-order valence-electron chi connectivity index (χ2n) is 6.41. The molecule has 2 bridgehead atoms. The Bertz CT molecular complexity index is 448. The Morgan fingerprint density at radius 3 is 2.90 bits per heavy atom. The van der Waals surface area contributed by atoms with E-state index >= 15 is 0 Å². The third kappa shape index (κ3) is 2.99. The lowest BCUT2D eigenvalue weighted by molar-refractivity contribution is 0.168. The molecule has 2 fully saturated rings. The molecule has 0 aliphatic heterocycles. The average molecular weight is 275 g/mol. The standard InChI is InChI=1S/C17H25NO2/c18-7-6-17(19)14-2-1-3-16(10-14)20-11-15-9-12-4-5-13(15)8-12/h1-3,10,12-13,15,17,19H,4-9,11,18H2/t12-,13?,15?,17+/m0/s1. The van der Waals surface area contributed by atoms with Gasteiger partial charge in [0.15, 0.2) is 0 Å². The Morgan fingerprint density at radius 1 is 1.30 bits per heavy atom. The maximum Gasteiger partial charge on any atom is 0.119 e. The van der Waals surface area contributed by atoms with E-state index in [9.17, 15) is 5.11 Å². The molecule has 3 nitrogen and oxygen atoms in total. The van der Waals surface area contributed by atoms with Crippen molar-refractivity contribution in [3.63, 3.8) is 0 Å². The van der Waals surface area contributed by atoms with Gasteiger partial charge < -0.3 is 15.6 Å². The summed E-state index contributed by atoms with van der Waals surface area (Å²) in [5.74, 6) is 3.48. The maximum absolute atomic E-state index is 9.98. The van der Waals surface area contributed by atoms with Gasteiger partial charge >= 0.3 is 0 Å². The van der Waals surface area contributed by atoms with Crippen molar-refractivity contribution in [3.8, 4) is 5.75 Å². The van der Waals surface area contributed by atoms with Crippen LogP contribution in [0.3, 0.4) is 0 Å². The minimum atomic E-state index is -0.481. The molecule has 110 valence electrons. The second-order valence-corrected chi connectivity index (χ2v) is 6.41. The summed E-state index contributed by atoms with van der Waals surface area (Å²) >= 11 is 0. The van der Waals surface area contributed by atoms with Crippen LogP contribution in [-0.4, -0.2) is 18.3 Å². The lowest BCUT2D eigenvalue weighted by Crippen LogP contribution is -2.18. The van der Waals surface area contributed by atoms with Crippen LogP contribution >= 0.6 is 0 Å². The summed E-state index contributed by atoms with van der Waals surface area (Å²) in [6.07, 6.45) is 5.71. The fraction of sp³-hybridized carbons (Fsp3) is 0.647. The number of ether oxygens (including phenoxy) is 1. The molecule has 4 atom stereocenters. The molecular weight excluding hydrogens is 250 g/mol. The van der Waals surface area contributed by atoms with E-state index in [0.29, 0.717) is 13.0 Å². The van der Waals surface area contributed by atoms with Crippen LogP contribution in [0, 0.1) is 17.8 Å². The fourth-order valence-electron chi connectivity index (χ4n) is 3.92. The molecule has 0 saturated heterocycles. The van der Waals surface area contributed by atoms with E-state index in [1.165, 1.54) is 25.7 Å². The molecule has 0 spiro atoms. The molecule has 0 heterocycles. The van der Waals surface area contributed by atoms with Crippen molar-refractivity contribution >= 4 is 0 Å². The lowest BCUT2D eigenvalue weighted by Gasteiger charge is -2.22. The van der Waals surface area contributed by atoms with Gasteiger partial charge in [0, 0.05) is 0 Å². The first-order valence-corrected chi connectivity index (χ1v) is 7.87. The Labute approximate surface area is 121 Å². The predicted octanol–water partition coefficient (Wildman–Crippen LogP) is 2.88. The quantitative estimate of drug-likeness (QED) is 0.839. The minimum absolute atomic E-state index is 0.481. The van der Waals surface area contributed by atoms with E-state index in [1.54, 1.807) is 0 Å². The van der Waals surface area contributed by atoms with E-state index in [2.05, 4.69) is 0 Å². The van der Waals surface area contributed by atoms with Crippen molar-refractivity contribution in [1.29, 1.82) is 0 Å². The van der Waals surface area contributed by atoms with Gasteiger partial charge in [-0.1, -0.05) is 18.6 Å². The summed E-state index contributed by atoms with van der Waals surface area (Å²) in [5.41, 5.74) is 6.39. The van der Waals surface area contributed by atoms with Crippen LogP contribution in [0.15, 0.2) is 24.3 Å². The topological polar surface area (TPSA) is 55.5 Å². The molecule has 3 heteroatoms. The molecule has 1 aromatic rings. The smallest absolute Gasteiger partial charge is 0.119 e. The summed E-state index contributed by atoms with van der Waals surface area (Å²) in [7, 11) is 0. The Hall–Kier alpha value is -1.06. The van der Waals surface area contributed by atoms with Crippen molar-refractivity contribution in [2.75, 3.05) is 13.2 Å². The van der Waals surface area contributed by atoms with Gasteiger partial charge in [-0.15, -0.1) is 0 Å². The van der Waals surface area contributed by atoms with Crippen molar-refractivity contribution < 1.29 is 9.84 Å². The number of hydrogen-bond donors (Lipinski definition) is 2. The third-order valence-electron chi connectivity index (χ3n) is 5.03. The first-order valence-electron chi connectivity index (χ1n) is 7.87. The minimum Gasteiger partial charge on any atom is -0.493 e. The SMILES string of the molecule is NCC[C@@H](O)c1cccc(OCC2C[C@H]3CCC2C3)c1. The normalized spacial score (nSPS) is 29.6. The molecule has 2 aliphatic rings. The zero-order valence-electron chi connectivity index (χ0n) is 12.0. The molecule has 20 heavy (non-hydrogen) atoms. The zero-order valence-corrected chi connectivity index (χ0v) is 12.0. The molecule has 1 aromatic carbocycles. The summed E-state index contributed by atoms with van der Waals surface area (Å²) in [5, 5.41) is 9.98. The van der Waals surface area contributed by atoms with Crippen molar-refractivity contribution in [2.24, 2.45) is 23.5 Å². The number of aliphatic hydroxyl groups is 1. The van der Waals surface area contributed by atoms with Crippen molar-refractivity contribution in [1.82, 2.24) is 0 Å². The predicted molar refractivity (Wildman–Crippen MR) is 79.5 cm³/mol. The van der Waals surface area contributed by atoms with Crippen LogP contribution in [0.2, 0.25) is 0 Å². The van der Waals surface area contributed by atoms with Gasteiger partial charge in [-0.2, -0.15) is 0 Å². The number of rotatable bonds is 6. The Kier molecular flexibility index (Phi) is 4.27. The van der Waals surface area contributed by atoms with Crippen LogP contribution in [0.25, 0.3) is 0 Å². The van der Waals surface area contributed by atoms with E-state index in [1.807, 2.05) is 24.3 Å².